The molecular weight excluding hydrogens is 386 g/mol. The molecule has 0 aliphatic rings. The maximum atomic E-state index is 12.6. The van der Waals surface area contributed by atoms with Gasteiger partial charge in [0.2, 0.25) is 5.88 Å². The molecule has 0 unspecified atom stereocenters. The maximum absolute atomic E-state index is 12.6. The summed E-state index contributed by atoms with van der Waals surface area (Å²) in [6.45, 7) is 1.15. The van der Waals surface area contributed by atoms with Gasteiger partial charge in [-0.3, -0.25) is 25.0 Å². The van der Waals surface area contributed by atoms with Crippen molar-refractivity contribution in [2.24, 2.45) is 0 Å². The molecule has 13 nitrogen and oxygen atoms in total. The zero-order chi connectivity index (χ0) is 20.4. The number of nitro groups is 2. The highest BCUT2D eigenvalue weighted by molar-refractivity contribution is 7.92. The number of benzene rings is 1. The molecule has 1 N–H and O–H groups in total. The molecule has 1 aromatic carbocycles. The van der Waals surface area contributed by atoms with Crippen LogP contribution in [0.1, 0.15) is 5.56 Å². The molecule has 27 heavy (non-hydrogen) atoms. The summed E-state index contributed by atoms with van der Waals surface area (Å²) in [4.78, 5) is 27.3. The molecule has 0 aliphatic heterocycles. The van der Waals surface area contributed by atoms with Gasteiger partial charge in [0.1, 0.15) is 16.1 Å². The monoisotopic (exact) mass is 399 g/mol. The molecule has 0 saturated heterocycles. The van der Waals surface area contributed by atoms with E-state index >= 15 is 0 Å². The summed E-state index contributed by atoms with van der Waals surface area (Å²) in [7, 11) is -1.94. The minimum Gasteiger partial charge on any atom is -0.479 e. The zero-order valence-corrected chi connectivity index (χ0v) is 15.0. The van der Waals surface area contributed by atoms with Crippen molar-refractivity contribution in [1.29, 1.82) is 0 Å². The van der Waals surface area contributed by atoms with E-state index in [2.05, 4.69) is 14.7 Å². The number of aromatic nitrogens is 2. The maximum Gasteiger partial charge on any atom is 0.319 e. The molecule has 0 fully saturated rings. The summed E-state index contributed by atoms with van der Waals surface area (Å²) in [6.07, 6.45) is 1.05. The molecule has 2 rings (SSSR count). The molecule has 0 bridgehead atoms. The van der Waals surface area contributed by atoms with Gasteiger partial charge in [-0.2, -0.15) is 4.98 Å². The number of sulfonamides is 1. The van der Waals surface area contributed by atoms with E-state index in [1.165, 1.54) is 14.2 Å². The molecule has 0 amide bonds. The van der Waals surface area contributed by atoms with Crippen molar-refractivity contribution in [2.75, 3.05) is 18.9 Å². The fourth-order valence-electron chi connectivity index (χ4n) is 2.07. The van der Waals surface area contributed by atoms with Crippen LogP contribution in [0.3, 0.4) is 0 Å². The van der Waals surface area contributed by atoms with E-state index in [-0.39, 0.29) is 23.1 Å². The average molecular weight is 399 g/mol. The first-order valence-corrected chi connectivity index (χ1v) is 8.50. The fourth-order valence-corrected chi connectivity index (χ4v) is 3.15. The van der Waals surface area contributed by atoms with Crippen LogP contribution >= 0.6 is 0 Å². The van der Waals surface area contributed by atoms with Crippen LogP contribution in [-0.2, 0) is 10.0 Å². The van der Waals surface area contributed by atoms with Crippen LogP contribution in [0.2, 0.25) is 0 Å². The van der Waals surface area contributed by atoms with Gasteiger partial charge in [-0.1, -0.05) is 0 Å². The van der Waals surface area contributed by atoms with Gasteiger partial charge < -0.3 is 9.47 Å². The Morgan fingerprint density at radius 1 is 1.07 bits per heavy atom. The highest BCUT2D eigenvalue weighted by Crippen LogP contribution is 2.33. The highest BCUT2D eigenvalue weighted by atomic mass is 32.2. The van der Waals surface area contributed by atoms with Crippen LogP contribution in [0.5, 0.6) is 11.9 Å². The lowest BCUT2D eigenvalue weighted by atomic mass is 10.1. The van der Waals surface area contributed by atoms with Crippen LogP contribution in [0, 0.1) is 27.2 Å². The lowest BCUT2D eigenvalue weighted by molar-refractivity contribution is -0.395. The number of anilines is 1. The van der Waals surface area contributed by atoms with E-state index in [0.717, 1.165) is 25.3 Å². The van der Waals surface area contributed by atoms with E-state index in [9.17, 15) is 28.6 Å². The number of hydrogen-bond acceptors (Lipinski definition) is 10. The van der Waals surface area contributed by atoms with E-state index in [4.69, 9.17) is 9.47 Å². The van der Waals surface area contributed by atoms with Crippen molar-refractivity contribution in [3.63, 3.8) is 0 Å². The zero-order valence-electron chi connectivity index (χ0n) is 14.2. The predicted molar refractivity (Wildman–Crippen MR) is 90.4 cm³/mol. The number of nitrogens with zero attached hydrogens (tertiary/aromatic N) is 4. The van der Waals surface area contributed by atoms with Gasteiger partial charge in [-0.15, -0.1) is 0 Å². The third-order valence-electron chi connectivity index (χ3n) is 3.38. The number of hydrogen-bond donors (Lipinski definition) is 1. The molecule has 0 radical (unpaired) electrons. The first-order chi connectivity index (χ1) is 12.6. The Labute approximate surface area is 152 Å². The minimum atomic E-state index is -4.45. The number of ether oxygens (including phenoxy) is 2. The Morgan fingerprint density at radius 3 is 2.07 bits per heavy atom. The molecule has 0 saturated carbocycles. The van der Waals surface area contributed by atoms with Gasteiger partial charge in [0, 0.05) is 12.1 Å². The molecule has 0 aliphatic carbocycles. The minimum absolute atomic E-state index is 0.0867. The number of rotatable bonds is 7. The molecule has 2 aromatic rings. The van der Waals surface area contributed by atoms with Gasteiger partial charge in [-0.05, 0) is 6.92 Å². The van der Waals surface area contributed by atoms with E-state index in [0.29, 0.717) is 0 Å². The topological polar surface area (TPSA) is 177 Å². The Hall–Kier alpha value is -3.55. The fraction of sp³-hybridized carbons (Fsp3) is 0.231. The molecular formula is C13H13N5O8S. The van der Waals surface area contributed by atoms with Crippen molar-refractivity contribution in [3.8, 4) is 11.9 Å². The van der Waals surface area contributed by atoms with Gasteiger partial charge >= 0.3 is 6.01 Å². The number of methoxy groups -OCH3 is 2. The predicted octanol–water partition coefficient (Wildman–Crippen LogP) is 1.42. The van der Waals surface area contributed by atoms with E-state index in [1.807, 2.05) is 0 Å². The summed E-state index contributed by atoms with van der Waals surface area (Å²) in [5, 5.41) is 22.2. The second kappa shape index (κ2) is 7.36. The van der Waals surface area contributed by atoms with Crippen LogP contribution < -0.4 is 14.2 Å². The summed E-state index contributed by atoms with van der Waals surface area (Å²) in [5.74, 6) is -0.179. The number of nitro benzene ring substituents is 2. The van der Waals surface area contributed by atoms with Crippen LogP contribution in [0.25, 0.3) is 0 Å². The number of nitrogens with one attached hydrogen (secondary N) is 1. The summed E-state index contributed by atoms with van der Waals surface area (Å²) >= 11 is 0. The molecule has 0 atom stereocenters. The molecule has 0 spiro atoms. The Bertz CT molecular complexity index is 988. The van der Waals surface area contributed by atoms with Crippen molar-refractivity contribution in [1.82, 2.24) is 9.97 Å². The van der Waals surface area contributed by atoms with Crippen LogP contribution in [-0.4, -0.2) is 42.5 Å². The SMILES string of the molecule is COc1ncc(NS(=O)(=O)c2cc([N+](=O)[O-])c(C)c([N+](=O)[O-])c2)c(OC)n1. The Kier molecular flexibility index (Phi) is 5.39. The normalized spacial score (nSPS) is 10.9. The molecule has 1 heterocycles. The Balaban J connectivity index is 2.57. The van der Waals surface area contributed by atoms with Crippen molar-refractivity contribution >= 4 is 27.1 Å². The second-order valence-electron chi connectivity index (χ2n) is 4.99. The molecule has 144 valence electrons. The van der Waals surface area contributed by atoms with E-state index in [1.54, 1.807) is 0 Å². The largest absolute Gasteiger partial charge is 0.479 e. The summed E-state index contributed by atoms with van der Waals surface area (Å²) < 4.78 is 37.0. The third-order valence-corrected chi connectivity index (χ3v) is 4.73. The van der Waals surface area contributed by atoms with Gasteiger partial charge in [0.15, 0.2) is 0 Å². The first kappa shape index (κ1) is 19.8. The smallest absolute Gasteiger partial charge is 0.319 e. The molecule has 1 aromatic heterocycles. The quantitative estimate of drug-likeness (QED) is 0.529. The van der Waals surface area contributed by atoms with Crippen molar-refractivity contribution in [3.05, 3.63) is 44.1 Å². The third kappa shape index (κ3) is 4.00. The highest BCUT2D eigenvalue weighted by Gasteiger charge is 2.28. The lowest BCUT2D eigenvalue weighted by Crippen LogP contribution is -2.15. The Morgan fingerprint density at radius 2 is 1.63 bits per heavy atom. The summed E-state index contributed by atoms with van der Waals surface area (Å²) in [6, 6.07) is 1.36. The van der Waals surface area contributed by atoms with Crippen LogP contribution in [0.15, 0.2) is 23.2 Å². The lowest BCUT2D eigenvalue weighted by Gasteiger charge is -2.11. The van der Waals surface area contributed by atoms with Crippen molar-refractivity contribution in [2.45, 2.75) is 11.8 Å². The van der Waals surface area contributed by atoms with Gasteiger partial charge in [-0.25, -0.2) is 13.4 Å². The second-order valence-corrected chi connectivity index (χ2v) is 6.67. The first-order valence-electron chi connectivity index (χ1n) is 7.02. The van der Waals surface area contributed by atoms with Crippen LogP contribution in [0.4, 0.5) is 17.1 Å². The van der Waals surface area contributed by atoms with Gasteiger partial charge in [0.05, 0.1) is 30.3 Å². The molecule has 14 heteroatoms. The summed E-state index contributed by atoms with van der Waals surface area (Å²) in [5.41, 5.74) is -1.87. The van der Waals surface area contributed by atoms with Crippen molar-refractivity contribution < 1.29 is 27.7 Å². The average Bonchev–Trinajstić information content (AvgIpc) is 2.61. The standard InChI is InChI=1S/C13H13N5O8S/c1-7-10(17(19)20)4-8(5-11(7)18(21)22)27(23,24)16-9-6-14-13(26-3)15-12(9)25-2/h4-6,16H,1-3H3. The van der Waals surface area contributed by atoms with E-state index < -0.39 is 36.1 Å². The van der Waals surface area contributed by atoms with Gasteiger partial charge in [0.25, 0.3) is 21.4 Å².